The van der Waals surface area contributed by atoms with Gasteiger partial charge in [0.1, 0.15) is 11.2 Å². The average molecular weight is 448 g/mol. The van der Waals surface area contributed by atoms with E-state index in [0.717, 1.165) is 55.8 Å². The minimum atomic E-state index is 0.312. The zero-order valence-corrected chi connectivity index (χ0v) is 18.6. The number of imidazole rings is 1. The Kier molecular flexibility index (Phi) is 4.72. The van der Waals surface area contributed by atoms with E-state index < -0.39 is 0 Å². The van der Waals surface area contributed by atoms with Crippen LogP contribution in [0.5, 0.6) is 0 Å². The van der Waals surface area contributed by atoms with Gasteiger partial charge in [0.25, 0.3) is 0 Å². The standard InChI is InChI=1S/C25H21N9/c1-14(2)30-17-8-16(11-27-12-17)20-9-18-21(13-29-20)33-34-23(18)25-31-19-5-7-28-22(24(19)32-25)15-4-3-6-26-10-15/h3-14,30H,1-2H3,(H,31,32)(H,33,34). The van der Waals surface area contributed by atoms with Crippen LogP contribution in [0.25, 0.3) is 56.0 Å². The third-order valence-electron chi connectivity index (χ3n) is 5.50. The summed E-state index contributed by atoms with van der Waals surface area (Å²) in [4.78, 5) is 26.0. The number of hydrogen-bond donors (Lipinski definition) is 3. The van der Waals surface area contributed by atoms with Gasteiger partial charge in [0.2, 0.25) is 0 Å². The summed E-state index contributed by atoms with van der Waals surface area (Å²) in [6, 6.07) is 10.1. The number of anilines is 1. The highest BCUT2D eigenvalue weighted by Crippen LogP contribution is 2.31. The molecule has 3 N–H and O–H groups in total. The summed E-state index contributed by atoms with van der Waals surface area (Å²) in [7, 11) is 0. The van der Waals surface area contributed by atoms with E-state index in [1.54, 1.807) is 24.8 Å². The molecule has 0 radical (unpaired) electrons. The summed E-state index contributed by atoms with van der Waals surface area (Å²) < 4.78 is 0. The number of pyridine rings is 4. The molecule has 0 atom stereocenters. The third-order valence-corrected chi connectivity index (χ3v) is 5.50. The number of nitrogens with zero attached hydrogens (tertiary/aromatic N) is 6. The minimum absolute atomic E-state index is 0.312. The van der Waals surface area contributed by atoms with Crippen LogP contribution in [0.15, 0.2) is 67.5 Å². The van der Waals surface area contributed by atoms with Crippen molar-refractivity contribution < 1.29 is 0 Å². The van der Waals surface area contributed by atoms with Gasteiger partial charge in [0.05, 0.1) is 34.3 Å². The van der Waals surface area contributed by atoms with E-state index in [9.17, 15) is 0 Å². The highest BCUT2D eigenvalue weighted by atomic mass is 15.1. The quantitative estimate of drug-likeness (QED) is 0.346. The Labute approximate surface area is 194 Å². The maximum absolute atomic E-state index is 4.86. The van der Waals surface area contributed by atoms with Crippen molar-refractivity contribution in [1.29, 1.82) is 0 Å². The molecule has 0 aliphatic carbocycles. The van der Waals surface area contributed by atoms with Gasteiger partial charge in [-0.2, -0.15) is 5.10 Å². The van der Waals surface area contributed by atoms with Crippen LogP contribution in [0.3, 0.4) is 0 Å². The molecular weight excluding hydrogens is 426 g/mol. The fourth-order valence-electron chi connectivity index (χ4n) is 4.01. The van der Waals surface area contributed by atoms with Gasteiger partial charge in [-0.15, -0.1) is 0 Å². The Morgan fingerprint density at radius 1 is 0.853 bits per heavy atom. The lowest BCUT2D eigenvalue weighted by Gasteiger charge is -2.10. The van der Waals surface area contributed by atoms with Crippen molar-refractivity contribution in [2.75, 3.05) is 5.32 Å². The molecule has 0 bridgehead atoms. The van der Waals surface area contributed by atoms with Gasteiger partial charge >= 0.3 is 0 Å². The summed E-state index contributed by atoms with van der Waals surface area (Å²) in [6.07, 6.45) is 10.7. The van der Waals surface area contributed by atoms with E-state index in [4.69, 9.17) is 4.98 Å². The summed E-state index contributed by atoms with van der Waals surface area (Å²) in [5, 5.41) is 11.9. The zero-order valence-electron chi connectivity index (χ0n) is 18.6. The fraction of sp³-hybridized carbons (Fsp3) is 0.120. The lowest BCUT2D eigenvalue weighted by atomic mass is 10.1. The largest absolute Gasteiger partial charge is 0.382 e. The first-order chi connectivity index (χ1) is 16.7. The second-order valence-electron chi connectivity index (χ2n) is 8.33. The first-order valence-corrected chi connectivity index (χ1v) is 11.0. The summed E-state index contributed by atoms with van der Waals surface area (Å²) >= 11 is 0. The summed E-state index contributed by atoms with van der Waals surface area (Å²) in [6.45, 7) is 4.19. The van der Waals surface area contributed by atoms with Crippen LogP contribution in [0.2, 0.25) is 0 Å². The van der Waals surface area contributed by atoms with Crippen molar-refractivity contribution in [3.8, 4) is 34.0 Å². The molecule has 6 aromatic rings. The molecule has 9 nitrogen and oxygen atoms in total. The molecule has 6 heterocycles. The first kappa shape index (κ1) is 20.0. The molecule has 166 valence electrons. The smallest absolute Gasteiger partial charge is 0.159 e. The third kappa shape index (κ3) is 3.53. The molecular formula is C25H21N9. The Bertz CT molecular complexity index is 1620. The molecule has 9 heteroatoms. The average Bonchev–Trinajstić information content (AvgIpc) is 3.48. The van der Waals surface area contributed by atoms with Crippen LogP contribution in [-0.4, -0.2) is 46.1 Å². The Balaban J connectivity index is 1.45. The van der Waals surface area contributed by atoms with Crippen LogP contribution in [0.1, 0.15) is 13.8 Å². The van der Waals surface area contributed by atoms with Crippen molar-refractivity contribution in [3.05, 3.63) is 67.5 Å². The second-order valence-corrected chi connectivity index (χ2v) is 8.33. The Morgan fingerprint density at radius 3 is 2.62 bits per heavy atom. The number of aromatic amines is 2. The molecule has 0 unspecified atom stereocenters. The zero-order chi connectivity index (χ0) is 23.1. The lowest BCUT2D eigenvalue weighted by molar-refractivity contribution is 0.898. The van der Waals surface area contributed by atoms with E-state index in [2.05, 4.69) is 54.3 Å². The number of fused-ring (bicyclic) bond motifs is 2. The van der Waals surface area contributed by atoms with Crippen molar-refractivity contribution in [1.82, 2.24) is 40.1 Å². The van der Waals surface area contributed by atoms with Crippen LogP contribution in [-0.2, 0) is 0 Å². The molecule has 0 aromatic carbocycles. The van der Waals surface area contributed by atoms with E-state index in [-0.39, 0.29) is 0 Å². The van der Waals surface area contributed by atoms with Crippen molar-refractivity contribution in [2.45, 2.75) is 19.9 Å². The topological polar surface area (TPSA) is 121 Å². The van der Waals surface area contributed by atoms with Crippen molar-refractivity contribution in [2.24, 2.45) is 0 Å². The molecule has 0 saturated carbocycles. The number of aromatic nitrogens is 8. The van der Waals surface area contributed by atoms with Crippen molar-refractivity contribution >= 4 is 27.6 Å². The van der Waals surface area contributed by atoms with Gasteiger partial charge in [-0.05, 0) is 44.2 Å². The van der Waals surface area contributed by atoms with E-state index in [0.29, 0.717) is 11.9 Å². The van der Waals surface area contributed by atoms with Crippen LogP contribution in [0, 0.1) is 0 Å². The first-order valence-electron chi connectivity index (χ1n) is 11.0. The van der Waals surface area contributed by atoms with Gasteiger partial charge in [-0.1, -0.05) is 0 Å². The van der Waals surface area contributed by atoms with Gasteiger partial charge in [-0.3, -0.25) is 25.0 Å². The van der Waals surface area contributed by atoms with E-state index in [1.807, 2.05) is 42.7 Å². The Morgan fingerprint density at radius 2 is 1.76 bits per heavy atom. The second kappa shape index (κ2) is 8.04. The minimum Gasteiger partial charge on any atom is -0.382 e. The molecule has 0 aliphatic heterocycles. The normalized spacial score (nSPS) is 11.5. The molecule has 0 aliphatic rings. The van der Waals surface area contributed by atoms with Crippen LogP contribution >= 0.6 is 0 Å². The number of H-pyrrole nitrogens is 2. The summed E-state index contributed by atoms with van der Waals surface area (Å²) in [5.41, 5.74) is 7.57. The van der Waals surface area contributed by atoms with E-state index in [1.165, 1.54) is 0 Å². The highest BCUT2D eigenvalue weighted by Gasteiger charge is 2.17. The van der Waals surface area contributed by atoms with Gasteiger partial charge in [0, 0.05) is 53.5 Å². The molecule has 0 spiro atoms. The lowest BCUT2D eigenvalue weighted by Crippen LogP contribution is -2.09. The summed E-state index contributed by atoms with van der Waals surface area (Å²) in [5.74, 6) is 0.657. The maximum Gasteiger partial charge on any atom is 0.159 e. The maximum atomic E-state index is 4.86. The number of rotatable bonds is 5. The monoisotopic (exact) mass is 447 g/mol. The van der Waals surface area contributed by atoms with Gasteiger partial charge in [0.15, 0.2) is 5.82 Å². The molecule has 0 amide bonds. The van der Waals surface area contributed by atoms with E-state index >= 15 is 0 Å². The SMILES string of the molecule is CC(C)Nc1cncc(-c2cc3c(-c4nc5c(-c6cccnc6)nccc5[nH]4)n[nH]c3cn2)c1. The van der Waals surface area contributed by atoms with Gasteiger partial charge < -0.3 is 10.3 Å². The van der Waals surface area contributed by atoms with Crippen LogP contribution < -0.4 is 5.32 Å². The molecule has 0 fully saturated rings. The molecule has 6 aromatic heterocycles. The van der Waals surface area contributed by atoms with Gasteiger partial charge in [-0.25, -0.2) is 4.98 Å². The molecule has 34 heavy (non-hydrogen) atoms. The predicted octanol–water partition coefficient (Wildman–Crippen LogP) is 4.84. The highest BCUT2D eigenvalue weighted by molar-refractivity contribution is 5.96. The molecule has 0 saturated heterocycles. The Hall–Kier alpha value is -4.66. The van der Waals surface area contributed by atoms with Crippen LogP contribution in [0.4, 0.5) is 5.69 Å². The van der Waals surface area contributed by atoms with Crippen molar-refractivity contribution in [3.63, 3.8) is 0 Å². The number of hydrogen-bond acceptors (Lipinski definition) is 7. The predicted molar refractivity (Wildman–Crippen MR) is 132 cm³/mol. The number of nitrogens with one attached hydrogen (secondary N) is 3. The fourth-order valence-corrected chi connectivity index (χ4v) is 4.01. The molecule has 6 rings (SSSR count).